The molecule has 1 aromatic carbocycles. The first-order valence-corrected chi connectivity index (χ1v) is 5.65. The highest BCUT2D eigenvalue weighted by molar-refractivity contribution is 5.36. The van der Waals surface area contributed by atoms with Crippen LogP contribution in [0.4, 0.5) is 0 Å². The van der Waals surface area contributed by atoms with Crippen LogP contribution in [0.3, 0.4) is 0 Å². The third-order valence-corrected chi connectivity index (χ3v) is 2.62. The van der Waals surface area contributed by atoms with Gasteiger partial charge in [0.15, 0.2) is 11.4 Å². The molecular formula is C14H15NO3. The summed E-state index contributed by atoms with van der Waals surface area (Å²) in [5.74, 6) is 1.01. The summed E-state index contributed by atoms with van der Waals surface area (Å²) in [6, 6.07) is 11.4. The van der Waals surface area contributed by atoms with Gasteiger partial charge in [0, 0.05) is 6.92 Å². The number of hydrogen-bond donors (Lipinski definition) is 0. The molecule has 2 aromatic rings. The molecule has 1 heterocycles. The summed E-state index contributed by atoms with van der Waals surface area (Å²) in [6.07, 6.45) is 1.39. The van der Waals surface area contributed by atoms with Crippen LogP contribution in [-0.4, -0.2) is 7.11 Å². The number of aromatic nitrogens is 1. The maximum Gasteiger partial charge on any atom is 0.227 e. The van der Waals surface area contributed by atoms with Gasteiger partial charge in [0.05, 0.1) is 13.2 Å². The summed E-state index contributed by atoms with van der Waals surface area (Å²) in [5, 5.41) is 11.5. The van der Waals surface area contributed by atoms with Crippen LogP contribution < -0.4 is 14.2 Å². The molecule has 4 nitrogen and oxygen atoms in total. The van der Waals surface area contributed by atoms with Gasteiger partial charge in [-0.1, -0.05) is 30.3 Å². The molecule has 0 radical (unpaired) electrons. The Kier molecular flexibility index (Phi) is 3.67. The number of pyridine rings is 1. The van der Waals surface area contributed by atoms with Crippen LogP contribution in [0.2, 0.25) is 0 Å². The van der Waals surface area contributed by atoms with E-state index in [0.29, 0.717) is 23.8 Å². The molecule has 0 spiro atoms. The molecule has 0 aliphatic rings. The van der Waals surface area contributed by atoms with Gasteiger partial charge in [0.25, 0.3) is 0 Å². The smallest absolute Gasteiger partial charge is 0.227 e. The summed E-state index contributed by atoms with van der Waals surface area (Å²) in [4.78, 5) is 0. The van der Waals surface area contributed by atoms with Crippen LogP contribution in [0.25, 0.3) is 0 Å². The SMILES string of the molecule is COc1cc(C)[n+]([O-])cc1OCc1ccccc1. The molecule has 0 bridgehead atoms. The van der Waals surface area contributed by atoms with E-state index in [-0.39, 0.29) is 0 Å². The Bertz CT molecular complexity index is 526. The number of hydrogen-bond acceptors (Lipinski definition) is 3. The third kappa shape index (κ3) is 2.71. The Balaban J connectivity index is 2.16. The predicted octanol–water partition coefficient (Wildman–Crippen LogP) is 2.22. The number of benzene rings is 1. The molecule has 0 N–H and O–H groups in total. The van der Waals surface area contributed by atoms with Crippen molar-refractivity contribution in [2.75, 3.05) is 7.11 Å². The molecule has 0 aliphatic heterocycles. The van der Waals surface area contributed by atoms with Crippen molar-refractivity contribution in [3.63, 3.8) is 0 Å². The minimum Gasteiger partial charge on any atom is -0.618 e. The van der Waals surface area contributed by atoms with E-state index >= 15 is 0 Å². The van der Waals surface area contributed by atoms with Crippen LogP contribution in [-0.2, 0) is 6.61 Å². The van der Waals surface area contributed by atoms with Crippen molar-refractivity contribution in [3.8, 4) is 11.5 Å². The highest BCUT2D eigenvalue weighted by atomic mass is 16.5. The quantitative estimate of drug-likeness (QED) is 0.613. The molecule has 2 rings (SSSR count). The van der Waals surface area contributed by atoms with Crippen LogP contribution in [0.5, 0.6) is 11.5 Å². The summed E-state index contributed by atoms with van der Waals surface area (Å²) in [6.45, 7) is 2.12. The predicted molar refractivity (Wildman–Crippen MR) is 67.5 cm³/mol. The van der Waals surface area contributed by atoms with E-state index < -0.39 is 0 Å². The zero-order valence-electron chi connectivity index (χ0n) is 10.4. The summed E-state index contributed by atoms with van der Waals surface area (Å²) in [5.41, 5.74) is 1.61. The Morgan fingerprint density at radius 2 is 1.89 bits per heavy atom. The Labute approximate surface area is 106 Å². The number of methoxy groups -OCH3 is 1. The number of rotatable bonds is 4. The highest BCUT2D eigenvalue weighted by Gasteiger charge is 2.12. The lowest BCUT2D eigenvalue weighted by atomic mass is 10.2. The first-order valence-electron chi connectivity index (χ1n) is 5.65. The van der Waals surface area contributed by atoms with Crippen molar-refractivity contribution in [1.29, 1.82) is 0 Å². The average molecular weight is 245 g/mol. The van der Waals surface area contributed by atoms with Crippen molar-refractivity contribution >= 4 is 0 Å². The first kappa shape index (κ1) is 12.2. The highest BCUT2D eigenvalue weighted by Crippen LogP contribution is 2.26. The van der Waals surface area contributed by atoms with Gasteiger partial charge in [-0.05, 0) is 5.56 Å². The average Bonchev–Trinajstić information content (AvgIpc) is 2.41. The van der Waals surface area contributed by atoms with E-state index in [2.05, 4.69) is 0 Å². The zero-order chi connectivity index (χ0) is 13.0. The van der Waals surface area contributed by atoms with Gasteiger partial charge in [-0.15, -0.1) is 0 Å². The maximum atomic E-state index is 11.5. The summed E-state index contributed by atoms with van der Waals surface area (Å²) < 4.78 is 11.6. The van der Waals surface area contributed by atoms with E-state index in [1.165, 1.54) is 6.20 Å². The van der Waals surface area contributed by atoms with Gasteiger partial charge >= 0.3 is 0 Å². The van der Waals surface area contributed by atoms with Crippen molar-refractivity contribution in [2.45, 2.75) is 13.5 Å². The minimum atomic E-state index is 0.403. The number of ether oxygens (including phenoxy) is 2. The van der Waals surface area contributed by atoms with Gasteiger partial charge in [0.2, 0.25) is 11.9 Å². The van der Waals surface area contributed by atoms with E-state index in [1.807, 2.05) is 30.3 Å². The first-order chi connectivity index (χ1) is 8.70. The monoisotopic (exact) mass is 245 g/mol. The van der Waals surface area contributed by atoms with Crippen molar-refractivity contribution in [1.82, 2.24) is 0 Å². The second-order valence-electron chi connectivity index (χ2n) is 3.95. The van der Waals surface area contributed by atoms with Crippen molar-refractivity contribution < 1.29 is 14.2 Å². The van der Waals surface area contributed by atoms with E-state index in [1.54, 1.807) is 20.1 Å². The topological polar surface area (TPSA) is 45.4 Å². The Morgan fingerprint density at radius 3 is 2.56 bits per heavy atom. The molecule has 1 aromatic heterocycles. The maximum absolute atomic E-state index is 11.5. The lowest BCUT2D eigenvalue weighted by molar-refractivity contribution is -0.612. The van der Waals surface area contributed by atoms with Gasteiger partial charge in [0.1, 0.15) is 6.61 Å². The Morgan fingerprint density at radius 1 is 1.17 bits per heavy atom. The molecule has 0 amide bonds. The van der Waals surface area contributed by atoms with Crippen molar-refractivity contribution in [2.24, 2.45) is 0 Å². The molecule has 0 saturated carbocycles. The standard InChI is InChI=1S/C14H15NO3/c1-11-8-13(17-2)14(9-15(11)16)18-10-12-6-4-3-5-7-12/h3-9H,10H2,1-2H3. The van der Waals surface area contributed by atoms with Gasteiger partial charge < -0.3 is 14.7 Å². The normalized spacial score (nSPS) is 10.1. The largest absolute Gasteiger partial charge is 0.618 e. The van der Waals surface area contributed by atoms with E-state index in [4.69, 9.17) is 9.47 Å². The molecule has 18 heavy (non-hydrogen) atoms. The third-order valence-electron chi connectivity index (χ3n) is 2.62. The van der Waals surface area contributed by atoms with Gasteiger partial charge in [-0.25, -0.2) is 0 Å². The van der Waals surface area contributed by atoms with Gasteiger partial charge in [-0.3, -0.25) is 0 Å². The number of aryl methyl sites for hydroxylation is 1. The molecule has 0 aliphatic carbocycles. The fourth-order valence-electron chi connectivity index (χ4n) is 1.60. The molecular weight excluding hydrogens is 230 g/mol. The second kappa shape index (κ2) is 5.40. The fourth-order valence-corrected chi connectivity index (χ4v) is 1.60. The molecule has 0 fully saturated rings. The fraction of sp³-hybridized carbons (Fsp3) is 0.214. The molecule has 4 heteroatoms. The van der Waals surface area contributed by atoms with E-state index in [0.717, 1.165) is 10.3 Å². The van der Waals surface area contributed by atoms with Gasteiger partial charge in [-0.2, -0.15) is 4.73 Å². The second-order valence-corrected chi connectivity index (χ2v) is 3.95. The van der Waals surface area contributed by atoms with Crippen LogP contribution in [0, 0.1) is 12.1 Å². The lowest BCUT2D eigenvalue weighted by Gasteiger charge is -2.11. The van der Waals surface area contributed by atoms with Crippen molar-refractivity contribution in [3.05, 3.63) is 59.1 Å². The van der Waals surface area contributed by atoms with Crippen LogP contribution in [0.15, 0.2) is 42.6 Å². The summed E-state index contributed by atoms with van der Waals surface area (Å²) >= 11 is 0. The Hall–Kier alpha value is -2.23. The number of nitrogens with zero attached hydrogens (tertiary/aromatic N) is 1. The van der Waals surface area contributed by atoms with Crippen LogP contribution in [0.1, 0.15) is 11.3 Å². The van der Waals surface area contributed by atoms with E-state index in [9.17, 15) is 5.21 Å². The minimum absolute atomic E-state index is 0.403. The molecule has 0 saturated heterocycles. The molecule has 94 valence electrons. The van der Waals surface area contributed by atoms with Crippen LogP contribution >= 0.6 is 0 Å². The molecule has 0 atom stereocenters. The molecule has 0 unspecified atom stereocenters. The summed E-state index contributed by atoms with van der Waals surface area (Å²) in [7, 11) is 1.55. The lowest BCUT2D eigenvalue weighted by Crippen LogP contribution is -2.29. The zero-order valence-corrected chi connectivity index (χ0v) is 10.4.